The summed E-state index contributed by atoms with van der Waals surface area (Å²) in [5, 5.41) is 4.34. The number of hydrogen-bond donors (Lipinski definition) is 1. The van der Waals surface area contributed by atoms with Gasteiger partial charge in [-0.15, -0.1) is 0 Å². The summed E-state index contributed by atoms with van der Waals surface area (Å²) >= 11 is 0. The van der Waals surface area contributed by atoms with Crippen molar-refractivity contribution in [2.24, 2.45) is 11.8 Å². The summed E-state index contributed by atoms with van der Waals surface area (Å²) in [6.45, 7) is 11.8. The molecule has 37 heavy (non-hydrogen) atoms. The van der Waals surface area contributed by atoms with Gasteiger partial charge in [-0.05, 0) is 94.6 Å². The maximum absolute atomic E-state index is 12.7. The van der Waals surface area contributed by atoms with E-state index in [1.807, 2.05) is 18.2 Å². The molecule has 2 aliphatic rings. The van der Waals surface area contributed by atoms with Crippen LogP contribution in [-0.4, -0.2) is 52.5 Å². The average Bonchev–Trinajstić information content (AvgIpc) is 2.86. The fourth-order valence-corrected chi connectivity index (χ4v) is 5.49. The van der Waals surface area contributed by atoms with Crippen molar-refractivity contribution in [3.05, 3.63) is 71.5 Å². The van der Waals surface area contributed by atoms with Crippen LogP contribution >= 0.6 is 0 Å². The second kappa shape index (κ2) is 10.1. The van der Waals surface area contributed by atoms with Gasteiger partial charge in [0.25, 0.3) is 5.56 Å². The topological polar surface area (TPSA) is 70.5 Å². The lowest BCUT2D eigenvalue weighted by molar-refractivity contribution is -0.122. The number of carbonyl (C=O) groups excluding carboxylic acids is 1. The molecule has 7 heteroatoms. The second-order valence-corrected chi connectivity index (χ2v) is 11.2. The van der Waals surface area contributed by atoms with E-state index in [1.165, 1.54) is 11.8 Å². The van der Waals surface area contributed by atoms with E-state index < -0.39 is 0 Å². The number of fused-ring (bicyclic) bond motifs is 1. The van der Waals surface area contributed by atoms with Gasteiger partial charge in [0, 0.05) is 60.5 Å². The molecule has 0 bridgehead atoms. The van der Waals surface area contributed by atoms with Crippen molar-refractivity contribution < 1.29 is 4.79 Å². The molecule has 0 unspecified atom stereocenters. The lowest BCUT2D eigenvalue weighted by Gasteiger charge is -2.46. The van der Waals surface area contributed by atoms with Gasteiger partial charge < -0.3 is 10.2 Å². The molecule has 3 heterocycles. The van der Waals surface area contributed by atoms with E-state index in [1.54, 1.807) is 10.6 Å². The molecule has 2 aromatic heterocycles. The Morgan fingerprint density at radius 2 is 1.84 bits per heavy atom. The highest BCUT2D eigenvalue weighted by Crippen LogP contribution is 2.37. The van der Waals surface area contributed by atoms with E-state index >= 15 is 0 Å². The van der Waals surface area contributed by atoms with E-state index in [-0.39, 0.29) is 22.8 Å². The standard InChI is InChI=1S/C30H37N5O2/c1-5-26(36)23-18-21(19-23)14-15-35-28(37)13-7-22-6-12-27(32-29(22)35)31-24-8-10-25(11-9-24)34-17-16-33(4)30(2,3)20-34/h5-13,21,23H,1,14-20H2,2-4H3,(H,31,32). The summed E-state index contributed by atoms with van der Waals surface area (Å²) in [6.07, 6.45) is 4.05. The number of rotatable bonds is 8. The molecule has 1 saturated heterocycles. The minimum Gasteiger partial charge on any atom is -0.368 e. The number of piperazine rings is 1. The molecule has 5 rings (SSSR count). The largest absolute Gasteiger partial charge is 0.368 e. The van der Waals surface area contributed by atoms with Gasteiger partial charge in [0.05, 0.1) is 0 Å². The van der Waals surface area contributed by atoms with Crippen molar-refractivity contribution in [2.75, 3.05) is 36.9 Å². The number of ketones is 1. The maximum Gasteiger partial charge on any atom is 0.252 e. The van der Waals surface area contributed by atoms with Crippen molar-refractivity contribution in [1.82, 2.24) is 14.5 Å². The van der Waals surface area contributed by atoms with Crippen LogP contribution in [0.15, 0.2) is 66.0 Å². The Hall–Kier alpha value is -3.45. The Morgan fingerprint density at radius 1 is 1.11 bits per heavy atom. The van der Waals surface area contributed by atoms with Crippen LogP contribution in [-0.2, 0) is 11.3 Å². The van der Waals surface area contributed by atoms with E-state index in [4.69, 9.17) is 4.98 Å². The van der Waals surface area contributed by atoms with Crippen molar-refractivity contribution in [2.45, 2.75) is 45.2 Å². The molecule has 2 fully saturated rings. The molecule has 1 aromatic carbocycles. The Labute approximate surface area is 218 Å². The molecule has 7 nitrogen and oxygen atoms in total. The normalized spacial score (nSPS) is 21.4. The molecular formula is C30H37N5O2. The predicted octanol–water partition coefficient (Wildman–Crippen LogP) is 4.84. The molecule has 0 atom stereocenters. The van der Waals surface area contributed by atoms with Gasteiger partial charge in [0.2, 0.25) is 0 Å². The summed E-state index contributed by atoms with van der Waals surface area (Å²) in [5.74, 6) is 1.41. The van der Waals surface area contributed by atoms with Crippen molar-refractivity contribution in [1.29, 1.82) is 0 Å². The lowest BCUT2D eigenvalue weighted by atomic mass is 9.71. The predicted molar refractivity (Wildman–Crippen MR) is 151 cm³/mol. The Bertz CT molecular complexity index is 1350. The number of aryl methyl sites for hydroxylation is 1. The number of likely N-dealkylation sites (N-methyl/N-ethyl adjacent to an activating group) is 1. The first-order valence-corrected chi connectivity index (χ1v) is 13.2. The highest BCUT2D eigenvalue weighted by molar-refractivity contribution is 5.91. The molecule has 0 amide bonds. The minimum atomic E-state index is -0.0466. The zero-order valence-corrected chi connectivity index (χ0v) is 22.1. The molecule has 1 N–H and O–H groups in total. The molecule has 194 valence electrons. The van der Waals surface area contributed by atoms with Crippen LogP contribution < -0.4 is 15.8 Å². The summed E-state index contributed by atoms with van der Waals surface area (Å²) in [5.41, 5.74) is 2.96. The van der Waals surface area contributed by atoms with E-state index in [0.717, 1.165) is 50.0 Å². The molecule has 0 radical (unpaired) electrons. The van der Waals surface area contributed by atoms with Gasteiger partial charge >= 0.3 is 0 Å². The van der Waals surface area contributed by atoms with Crippen LogP contribution in [0.25, 0.3) is 11.0 Å². The maximum atomic E-state index is 12.7. The molecule has 0 spiro atoms. The fraction of sp³-hybridized carbons (Fsp3) is 0.433. The van der Waals surface area contributed by atoms with Crippen LogP contribution in [0, 0.1) is 11.8 Å². The average molecular weight is 500 g/mol. The number of nitrogens with zero attached hydrogens (tertiary/aromatic N) is 4. The third kappa shape index (κ3) is 5.32. The van der Waals surface area contributed by atoms with Crippen LogP contribution in [0.1, 0.15) is 33.1 Å². The summed E-state index contributed by atoms with van der Waals surface area (Å²) in [4.78, 5) is 34.2. The van der Waals surface area contributed by atoms with Crippen molar-refractivity contribution in [3.63, 3.8) is 0 Å². The third-order valence-electron chi connectivity index (χ3n) is 8.25. The molecule has 1 aliphatic carbocycles. The lowest BCUT2D eigenvalue weighted by Crippen LogP contribution is -2.57. The second-order valence-electron chi connectivity index (χ2n) is 11.2. The molecule has 1 saturated carbocycles. The number of anilines is 3. The summed E-state index contributed by atoms with van der Waals surface area (Å²) < 4.78 is 1.77. The number of pyridine rings is 2. The highest BCUT2D eigenvalue weighted by Gasteiger charge is 2.33. The first kappa shape index (κ1) is 25.2. The van der Waals surface area contributed by atoms with Gasteiger partial charge in [-0.2, -0.15) is 0 Å². The van der Waals surface area contributed by atoms with Gasteiger partial charge in [-0.25, -0.2) is 4.98 Å². The van der Waals surface area contributed by atoms with Crippen molar-refractivity contribution >= 4 is 34.0 Å². The SMILES string of the molecule is C=CC(=O)C1CC(CCn2c(=O)ccc3ccc(Nc4ccc(N5CCN(C)C(C)(C)C5)cc4)nc32)C1. The minimum absolute atomic E-state index is 0.0466. The van der Waals surface area contributed by atoms with Crippen LogP contribution in [0.2, 0.25) is 0 Å². The van der Waals surface area contributed by atoms with Crippen LogP contribution in [0.4, 0.5) is 17.2 Å². The number of aromatic nitrogens is 2. The fourth-order valence-electron chi connectivity index (χ4n) is 5.49. The quantitative estimate of drug-likeness (QED) is 0.447. The first-order chi connectivity index (χ1) is 17.7. The van der Waals surface area contributed by atoms with Gasteiger partial charge in [0.1, 0.15) is 11.5 Å². The number of nitrogens with one attached hydrogen (secondary N) is 1. The summed E-state index contributed by atoms with van der Waals surface area (Å²) in [6, 6.07) is 15.9. The number of carbonyl (C=O) groups is 1. The van der Waals surface area contributed by atoms with E-state index in [2.05, 4.69) is 66.9 Å². The smallest absolute Gasteiger partial charge is 0.252 e. The number of hydrogen-bond acceptors (Lipinski definition) is 6. The zero-order chi connectivity index (χ0) is 26.2. The summed E-state index contributed by atoms with van der Waals surface area (Å²) in [7, 11) is 2.19. The number of allylic oxidation sites excluding steroid dienone is 1. The first-order valence-electron chi connectivity index (χ1n) is 13.2. The molecule has 1 aliphatic heterocycles. The van der Waals surface area contributed by atoms with Crippen molar-refractivity contribution in [3.8, 4) is 0 Å². The third-order valence-corrected chi connectivity index (χ3v) is 8.25. The van der Waals surface area contributed by atoms with Gasteiger partial charge in [-0.3, -0.25) is 19.1 Å². The van der Waals surface area contributed by atoms with Crippen LogP contribution in [0.5, 0.6) is 0 Å². The van der Waals surface area contributed by atoms with Gasteiger partial charge in [-0.1, -0.05) is 6.58 Å². The number of benzene rings is 1. The highest BCUT2D eigenvalue weighted by atomic mass is 16.1. The monoisotopic (exact) mass is 499 g/mol. The van der Waals surface area contributed by atoms with E-state index in [0.29, 0.717) is 23.9 Å². The zero-order valence-electron chi connectivity index (χ0n) is 22.1. The molecule has 3 aromatic rings. The Balaban J connectivity index is 1.28. The van der Waals surface area contributed by atoms with E-state index in [9.17, 15) is 9.59 Å². The van der Waals surface area contributed by atoms with Crippen LogP contribution in [0.3, 0.4) is 0 Å². The van der Waals surface area contributed by atoms with Gasteiger partial charge in [0.15, 0.2) is 5.78 Å². The molecular weight excluding hydrogens is 462 g/mol. The Kier molecular flexibility index (Phi) is 6.90. The Morgan fingerprint density at radius 3 is 2.54 bits per heavy atom.